The van der Waals surface area contributed by atoms with Crippen molar-refractivity contribution in [1.29, 1.82) is 0 Å². The van der Waals surface area contributed by atoms with Crippen LogP contribution >= 0.6 is 0 Å². The van der Waals surface area contributed by atoms with Gasteiger partial charge in [0.15, 0.2) is 0 Å². The van der Waals surface area contributed by atoms with Crippen molar-refractivity contribution in [3.05, 3.63) is 12.4 Å². The first kappa shape index (κ1) is 17.9. The maximum atomic E-state index is 5.57. The van der Waals surface area contributed by atoms with Crippen LogP contribution in [0, 0.1) is 0 Å². The number of hydrogen-bond acceptors (Lipinski definition) is 5. The fourth-order valence-electron chi connectivity index (χ4n) is 2.05. The van der Waals surface area contributed by atoms with Crippen LogP contribution in [0.1, 0.15) is 20.3 Å². The molecule has 0 aliphatic rings. The van der Waals surface area contributed by atoms with Gasteiger partial charge in [-0.3, -0.25) is 0 Å². The number of likely N-dealkylation sites (N-methyl/N-ethyl adjacent to an activating group) is 1. The Bertz CT molecular complexity index is 370. The highest BCUT2D eigenvalue weighted by Gasteiger charge is 2.12. The molecule has 1 N–H and O–H groups in total. The van der Waals surface area contributed by atoms with Gasteiger partial charge in [-0.1, -0.05) is 6.92 Å². The van der Waals surface area contributed by atoms with Crippen molar-refractivity contribution < 1.29 is 9.47 Å². The molecule has 0 radical (unpaired) electrons. The van der Waals surface area contributed by atoms with Crippen LogP contribution in [0.2, 0.25) is 0 Å². The maximum Gasteiger partial charge on any atom is 0.202 e. The summed E-state index contributed by atoms with van der Waals surface area (Å²) in [6.07, 6.45) is 4.95. The van der Waals surface area contributed by atoms with Crippen molar-refractivity contribution in [2.24, 2.45) is 0 Å². The fraction of sp³-hybridized carbons (Fsp3) is 0.800. The number of imidazole rings is 1. The molecule has 1 aromatic rings. The first-order chi connectivity index (χ1) is 10.2. The van der Waals surface area contributed by atoms with Crippen molar-refractivity contribution in [3.8, 4) is 0 Å². The van der Waals surface area contributed by atoms with Crippen LogP contribution in [-0.4, -0.2) is 67.6 Å². The normalized spacial score (nSPS) is 12.8. The Balaban J connectivity index is 2.42. The van der Waals surface area contributed by atoms with Crippen LogP contribution in [0.15, 0.2) is 12.4 Å². The maximum absolute atomic E-state index is 5.57. The summed E-state index contributed by atoms with van der Waals surface area (Å²) in [6, 6.07) is 0. The summed E-state index contributed by atoms with van der Waals surface area (Å²) >= 11 is 0. The monoisotopic (exact) mass is 298 g/mol. The third-order valence-electron chi connectivity index (χ3n) is 3.46. The summed E-state index contributed by atoms with van der Waals surface area (Å²) in [4.78, 5) is 6.61. The molecule has 1 heterocycles. The number of hydrogen-bond donors (Lipinski definition) is 1. The third kappa shape index (κ3) is 6.93. The molecule has 21 heavy (non-hydrogen) atoms. The van der Waals surface area contributed by atoms with Gasteiger partial charge in [0.05, 0.1) is 12.6 Å². The van der Waals surface area contributed by atoms with Gasteiger partial charge in [0.2, 0.25) is 5.95 Å². The second kappa shape index (κ2) is 10.6. The van der Waals surface area contributed by atoms with Gasteiger partial charge in [-0.25, -0.2) is 4.98 Å². The Morgan fingerprint density at radius 2 is 2.24 bits per heavy atom. The lowest BCUT2D eigenvalue weighted by Crippen LogP contribution is -2.33. The van der Waals surface area contributed by atoms with Gasteiger partial charge in [0.1, 0.15) is 0 Å². The molecular formula is C15H30N4O2. The van der Waals surface area contributed by atoms with E-state index in [-0.39, 0.29) is 6.10 Å². The van der Waals surface area contributed by atoms with Crippen LogP contribution in [0.4, 0.5) is 5.95 Å². The van der Waals surface area contributed by atoms with Crippen molar-refractivity contribution in [2.45, 2.75) is 32.9 Å². The second-order valence-electron chi connectivity index (χ2n) is 5.09. The Morgan fingerprint density at radius 1 is 1.43 bits per heavy atom. The van der Waals surface area contributed by atoms with E-state index in [9.17, 15) is 0 Å². The number of methoxy groups -OCH3 is 1. The topological polar surface area (TPSA) is 51.5 Å². The first-order valence-corrected chi connectivity index (χ1v) is 7.75. The minimum atomic E-state index is 0.160. The van der Waals surface area contributed by atoms with Gasteiger partial charge in [0.25, 0.3) is 0 Å². The molecule has 1 unspecified atom stereocenters. The molecule has 0 fully saturated rings. The zero-order valence-corrected chi connectivity index (χ0v) is 13.8. The highest BCUT2D eigenvalue weighted by atomic mass is 16.5. The predicted molar refractivity (Wildman–Crippen MR) is 85.8 cm³/mol. The standard InChI is InChI=1S/C15H30N4O2/c1-5-18(3)12-14(20-4)13-19-10-9-17-15(19)16-8-7-11-21-6-2/h9-10,14H,5-8,11-13H2,1-4H3,(H,16,17). The van der Waals surface area contributed by atoms with Crippen molar-refractivity contribution in [3.63, 3.8) is 0 Å². The summed E-state index contributed by atoms with van der Waals surface area (Å²) in [5, 5.41) is 3.35. The second-order valence-corrected chi connectivity index (χ2v) is 5.09. The van der Waals surface area contributed by atoms with E-state index in [0.717, 1.165) is 51.8 Å². The molecule has 1 rings (SSSR count). The molecule has 6 nitrogen and oxygen atoms in total. The van der Waals surface area contributed by atoms with Crippen LogP contribution in [0.25, 0.3) is 0 Å². The average Bonchev–Trinajstić information content (AvgIpc) is 2.93. The number of aromatic nitrogens is 2. The summed E-state index contributed by atoms with van der Waals surface area (Å²) in [5.74, 6) is 0.896. The molecule has 0 aromatic carbocycles. The quantitative estimate of drug-likeness (QED) is 0.595. The first-order valence-electron chi connectivity index (χ1n) is 7.75. The van der Waals surface area contributed by atoms with Crippen LogP contribution in [0.5, 0.6) is 0 Å². The van der Waals surface area contributed by atoms with Crippen LogP contribution in [0.3, 0.4) is 0 Å². The Morgan fingerprint density at radius 3 is 2.90 bits per heavy atom. The Labute approximate surface area is 128 Å². The van der Waals surface area contributed by atoms with Gasteiger partial charge >= 0.3 is 0 Å². The average molecular weight is 298 g/mol. The lowest BCUT2D eigenvalue weighted by atomic mass is 10.3. The minimum absolute atomic E-state index is 0.160. The van der Waals surface area contributed by atoms with E-state index in [1.165, 1.54) is 0 Å². The molecule has 0 aliphatic heterocycles. The third-order valence-corrected chi connectivity index (χ3v) is 3.46. The Hall–Kier alpha value is -1.11. The molecule has 6 heteroatoms. The number of nitrogens with one attached hydrogen (secondary N) is 1. The SMILES string of the molecule is CCOCCCNc1nccn1CC(CN(C)CC)OC. The zero-order chi connectivity index (χ0) is 15.5. The number of ether oxygens (including phenoxy) is 2. The highest BCUT2D eigenvalue weighted by Crippen LogP contribution is 2.08. The number of anilines is 1. The number of rotatable bonds is 12. The fourth-order valence-corrected chi connectivity index (χ4v) is 2.05. The molecular weight excluding hydrogens is 268 g/mol. The van der Waals surface area contributed by atoms with Crippen LogP contribution < -0.4 is 5.32 Å². The summed E-state index contributed by atoms with van der Waals surface area (Å²) in [7, 11) is 3.87. The lowest BCUT2D eigenvalue weighted by molar-refractivity contribution is 0.0607. The van der Waals surface area contributed by atoms with E-state index >= 15 is 0 Å². The van der Waals surface area contributed by atoms with Gasteiger partial charge in [0, 0.05) is 45.8 Å². The molecule has 0 saturated carbocycles. The van der Waals surface area contributed by atoms with E-state index in [1.807, 2.05) is 19.3 Å². The summed E-state index contributed by atoms with van der Waals surface area (Å²) in [6.45, 7) is 9.31. The highest BCUT2D eigenvalue weighted by molar-refractivity contribution is 5.25. The molecule has 0 spiro atoms. The number of nitrogens with zero attached hydrogens (tertiary/aromatic N) is 3. The zero-order valence-electron chi connectivity index (χ0n) is 13.8. The smallest absolute Gasteiger partial charge is 0.202 e. The van der Waals surface area contributed by atoms with Gasteiger partial charge < -0.3 is 24.3 Å². The minimum Gasteiger partial charge on any atom is -0.382 e. The molecule has 0 aliphatic carbocycles. The van der Waals surface area contributed by atoms with E-state index in [2.05, 4.69) is 33.7 Å². The van der Waals surface area contributed by atoms with Gasteiger partial charge in [-0.2, -0.15) is 0 Å². The van der Waals surface area contributed by atoms with Gasteiger partial charge in [-0.05, 0) is 26.9 Å². The molecule has 1 aromatic heterocycles. The van der Waals surface area contributed by atoms with Crippen molar-refractivity contribution in [1.82, 2.24) is 14.5 Å². The Kier molecular flexibility index (Phi) is 9.05. The largest absolute Gasteiger partial charge is 0.382 e. The molecule has 122 valence electrons. The molecule has 0 amide bonds. The summed E-state index contributed by atoms with van der Waals surface area (Å²) < 4.78 is 13.0. The van der Waals surface area contributed by atoms with Crippen LogP contribution in [-0.2, 0) is 16.0 Å². The molecule has 0 saturated heterocycles. The van der Waals surface area contributed by atoms with Crippen molar-refractivity contribution >= 4 is 5.95 Å². The van der Waals surface area contributed by atoms with Gasteiger partial charge in [-0.15, -0.1) is 0 Å². The van der Waals surface area contributed by atoms with E-state index in [0.29, 0.717) is 0 Å². The summed E-state index contributed by atoms with van der Waals surface area (Å²) in [5.41, 5.74) is 0. The van der Waals surface area contributed by atoms with Crippen molar-refractivity contribution in [2.75, 3.05) is 52.3 Å². The predicted octanol–water partition coefficient (Wildman–Crippen LogP) is 1.69. The molecule has 0 bridgehead atoms. The van der Waals surface area contributed by atoms with E-state index in [4.69, 9.17) is 9.47 Å². The lowest BCUT2D eigenvalue weighted by Gasteiger charge is -2.23. The van der Waals surface area contributed by atoms with E-state index < -0.39 is 0 Å². The van der Waals surface area contributed by atoms with E-state index in [1.54, 1.807) is 7.11 Å². The molecule has 1 atom stereocenters.